The Hall–Kier alpha value is -2.36. The lowest BCUT2D eigenvalue weighted by molar-refractivity contribution is -0.151. The summed E-state index contributed by atoms with van der Waals surface area (Å²) in [6.45, 7) is 20.7. The normalized spacial score (nSPS) is 26.5. The second-order valence-corrected chi connectivity index (χ2v) is 21.0. The zero-order valence-electron chi connectivity index (χ0n) is 41.1. The molecule has 0 heterocycles. The number of fused-ring (bicyclic) bond motifs is 5. The van der Waals surface area contributed by atoms with Crippen molar-refractivity contribution < 1.29 is 24.2 Å². The third kappa shape index (κ3) is 16.3. The number of hydrogen-bond acceptors (Lipinski definition) is 6. The van der Waals surface area contributed by atoms with E-state index in [1.807, 2.05) is 0 Å². The van der Waals surface area contributed by atoms with Crippen molar-refractivity contribution in [3.05, 3.63) is 35.5 Å². The van der Waals surface area contributed by atoms with Crippen LogP contribution in [0.4, 0.5) is 0 Å². The standard InChI is InChI=1S/C56H93NO5/c1-8-9-10-11-12-13-18-25-42-61-53(59)26-19-14-16-21-38-57(40-23-24-41-58)39-22-17-15-20-27-54(60)62-48-34-36-55(6)47(43-48)30-31-49-51-33-32-50(56(51,7)37-35-52(49)55)46(5)29-28-45(4)44(2)3/h28-31,44-46,48,50-52,58H,8-12,14-17,19-27,32-43H2,1-7H3/b29-28+. The van der Waals surface area contributed by atoms with Crippen LogP contribution < -0.4 is 0 Å². The summed E-state index contributed by atoms with van der Waals surface area (Å²) in [5.74, 6) is 10.3. The highest BCUT2D eigenvalue weighted by molar-refractivity contribution is 5.69. The summed E-state index contributed by atoms with van der Waals surface area (Å²) in [6, 6.07) is 0. The molecule has 0 amide bonds. The van der Waals surface area contributed by atoms with Crippen LogP contribution in [0, 0.1) is 58.2 Å². The SMILES string of the molecule is CCCCCCC#CCCOC(=O)CCCCCCN(CCCCO)CCCCCCC(=O)OC1CCC2(C)C(=CC=C3C2CCC2(C)C3CCC2C(C)/C=C/C(C)C(C)C)C1. The molecule has 0 spiro atoms. The van der Waals surface area contributed by atoms with Gasteiger partial charge in [-0.1, -0.05) is 135 Å². The quantitative estimate of drug-likeness (QED) is 0.0349. The Kier molecular flexibility index (Phi) is 23.5. The fourth-order valence-corrected chi connectivity index (χ4v) is 11.7. The van der Waals surface area contributed by atoms with Gasteiger partial charge in [0.05, 0.1) is 0 Å². The number of nitrogens with zero attached hydrogens (tertiary/aromatic N) is 1. The highest BCUT2D eigenvalue weighted by Gasteiger charge is 2.57. The van der Waals surface area contributed by atoms with E-state index in [9.17, 15) is 14.7 Å². The lowest BCUT2D eigenvalue weighted by atomic mass is 9.50. The highest BCUT2D eigenvalue weighted by atomic mass is 16.5. The van der Waals surface area contributed by atoms with Gasteiger partial charge in [0.2, 0.25) is 0 Å². The molecule has 0 aromatic carbocycles. The number of esters is 2. The van der Waals surface area contributed by atoms with E-state index in [0.717, 1.165) is 122 Å². The number of aliphatic hydroxyl groups excluding tert-OH is 1. The first-order valence-corrected chi connectivity index (χ1v) is 26.2. The van der Waals surface area contributed by atoms with Crippen molar-refractivity contribution in [2.75, 3.05) is 32.8 Å². The minimum atomic E-state index is -0.0994. The Balaban J connectivity index is 1.09. The maximum absolute atomic E-state index is 13.1. The maximum Gasteiger partial charge on any atom is 0.306 e. The zero-order valence-corrected chi connectivity index (χ0v) is 41.1. The summed E-state index contributed by atoms with van der Waals surface area (Å²) in [5.41, 5.74) is 3.87. The van der Waals surface area contributed by atoms with Crippen molar-refractivity contribution in [2.45, 2.75) is 215 Å². The first-order chi connectivity index (χ1) is 29.9. The Morgan fingerprint density at radius 2 is 1.42 bits per heavy atom. The number of aliphatic hydroxyl groups is 1. The van der Waals surface area contributed by atoms with Gasteiger partial charge in [0.25, 0.3) is 0 Å². The molecule has 1 N–H and O–H groups in total. The number of ether oxygens (including phenoxy) is 2. The number of rotatable bonds is 29. The molecule has 4 aliphatic carbocycles. The van der Waals surface area contributed by atoms with E-state index in [1.54, 1.807) is 5.57 Å². The fourth-order valence-electron chi connectivity index (χ4n) is 11.7. The van der Waals surface area contributed by atoms with Crippen LogP contribution in [0.25, 0.3) is 0 Å². The number of unbranched alkanes of at least 4 members (excludes halogenated alkanes) is 11. The molecule has 6 nitrogen and oxygen atoms in total. The molecule has 62 heavy (non-hydrogen) atoms. The second-order valence-electron chi connectivity index (χ2n) is 21.0. The van der Waals surface area contributed by atoms with E-state index in [1.165, 1.54) is 50.5 Å². The summed E-state index contributed by atoms with van der Waals surface area (Å²) in [5, 5.41) is 9.33. The van der Waals surface area contributed by atoms with Gasteiger partial charge in [-0.15, -0.1) is 5.92 Å². The number of carbonyl (C=O) groups excluding carboxylic acids is 2. The molecule has 0 saturated heterocycles. The van der Waals surface area contributed by atoms with Crippen LogP contribution in [-0.2, 0) is 19.1 Å². The third-order valence-electron chi connectivity index (χ3n) is 16.2. The van der Waals surface area contributed by atoms with Gasteiger partial charge in [-0.3, -0.25) is 9.59 Å². The van der Waals surface area contributed by atoms with Crippen LogP contribution in [0.5, 0.6) is 0 Å². The van der Waals surface area contributed by atoms with Crippen molar-refractivity contribution >= 4 is 11.9 Å². The molecule has 0 aliphatic heterocycles. The Morgan fingerprint density at radius 1 is 0.758 bits per heavy atom. The van der Waals surface area contributed by atoms with Crippen LogP contribution in [0.1, 0.15) is 209 Å². The molecule has 352 valence electrons. The van der Waals surface area contributed by atoms with Crippen molar-refractivity contribution in [3.8, 4) is 11.8 Å². The van der Waals surface area contributed by atoms with Crippen LogP contribution in [0.2, 0.25) is 0 Å². The van der Waals surface area contributed by atoms with Gasteiger partial charge < -0.3 is 19.5 Å². The first kappa shape index (κ1) is 52.3. The van der Waals surface area contributed by atoms with Gasteiger partial charge in [-0.2, -0.15) is 0 Å². The summed E-state index contributed by atoms with van der Waals surface area (Å²) in [4.78, 5) is 27.7. The molecule has 8 atom stereocenters. The molecular formula is C56H93NO5. The van der Waals surface area contributed by atoms with E-state index < -0.39 is 0 Å². The van der Waals surface area contributed by atoms with Gasteiger partial charge in [0, 0.05) is 38.7 Å². The largest absolute Gasteiger partial charge is 0.465 e. The summed E-state index contributed by atoms with van der Waals surface area (Å²) >= 11 is 0. The van der Waals surface area contributed by atoms with E-state index in [2.05, 4.69) is 89.5 Å². The second kappa shape index (κ2) is 27.8. The zero-order chi connectivity index (χ0) is 44.8. The molecule has 0 radical (unpaired) electrons. The highest BCUT2D eigenvalue weighted by Crippen LogP contribution is 2.66. The molecule has 0 bridgehead atoms. The molecule has 4 aliphatic rings. The maximum atomic E-state index is 13.1. The van der Waals surface area contributed by atoms with Crippen LogP contribution in [-0.4, -0.2) is 60.9 Å². The molecule has 4 rings (SSSR count). The third-order valence-corrected chi connectivity index (χ3v) is 16.2. The lowest BCUT2D eigenvalue weighted by Crippen LogP contribution is -2.46. The van der Waals surface area contributed by atoms with Gasteiger partial charge in [-0.05, 0) is 149 Å². The summed E-state index contributed by atoms with van der Waals surface area (Å²) in [6.07, 6.45) is 36.1. The smallest absolute Gasteiger partial charge is 0.306 e. The average Bonchev–Trinajstić information content (AvgIpc) is 3.61. The topological polar surface area (TPSA) is 76.1 Å². The lowest BCUT2D eigenvalue weighted by Gasteiger charge is -2.55. The summed E-state index contributed by atoms with van der Waals surface area (Å²) < 4.78 is 11.5. The van der Waals surface area contributed by atoms with Crippen molar-refractivity contribution in [1.29, 1.82) is 0 Å². The van der Waals surface area contributed by atoms with Crippen LogP contribution in [0.3, 0.4) is 0 Å². The minimum Gasteiger partial charge on any atom is -0.465 e. The van der Waals surface area contributed by atoms with Gasteiger partial charge in [-0.25, -0.2) is 0 Å². The van der Waals surface area contributed by atoms with E-state index in [4.69, 9.17) is 9.47 Å². The summed E-state index contributed by atoms with van der Waals surface area (Å²) in [7, 11) is 0. The van der Waals surface area contributed by atoms with Gasteiger partial charge in [0.15, 0.2) is 0 Å². The Morgan fingerprint density at radius 3 is 2.11 bits per heavy atom. The Bertz CT molecular complexity index is 1480. The van der Waals surface area contributed by atoms with Gasteiger partial charge in [0.1, 0.15) is 12.7 Å². The van der Waals surface area contributed by atoms with Gasteiger partial charge >= 0.3 is 11.9 Å². The van der Waals surface area contributed by atoms with E-state index in [0.29, 0.717) is 60.9 Å². The molecule has 6 heteroatoms. The molecule has 3 saturated carbocycles. The Labute approximate surface area is 381 Å². The number of hydrogen-bond donors (Lipinski definition) is 1. The number of carbonyl (C=O) groups is 2. The van der Waals surface area contributed by atoms with Crippen LogP contribution >= 0.6 is 0 Å². The number of allylic oxidation sites excluding steroid dienone is 5. The molecule has 8 unspecified atom stereocenters. The van der Waals surface area contributed by atoms with Crippen LogP contribution in [0.15, 0.2) is 35.5 Å². The van der Waals surface area contributed by atoms with E-state index >= 15 is 0 Å². The van der Waals surface area contributed by atoms with Crippen molar-refractivity contribution in [2.24, 2.45) is 46.3 Å². The molecule has 0 aromatic heterocycles. The predicted octanol–water partition coefficient (Wildman–Crippen LogP) is 13.8. The van der Waals surface area contributed by atoms with E-state index in [-0.39, 0.29) is 30.1 Å². The van der Waals surface area contributed by atoms with Crippen molar-refractivity contribution in [3.63, 3.8) is 0 Å². The minimum absolute atomic E-state index is 0.0145. The first-order valence-electron chi connectivity index (χ1n) is 26.2. The molecule has 0 aromatic rings. The fraction of sp³-hybridized carbons (Fsp3) is 0.821. The molecular weight excluding hydrogens is 767 g/mol. The van der Waals surface area contributed by atoms with Crippen molar-refractivity contribution in [1.82, 2.24) is 4.90 Å². The monoisotopic (exact) mass is 860 g/mol. The predicted molar refractivity (Wildman–Crippen MR) is 258 cm³/mol. The molecule has 3 fully saturated rings. The average molecular weight is 860 g/mol.